The topological polar surface area (TPSA) is 43.9 Å². The molecule has 0 saturated carbocycles. The monoisotopic (exact) mass is 335 g/mol. The predicted octanol–water partition coefficient (Wildman–Crippen LogP) is 4.92. The first kappa shape index (κ1) is 15.0. The van der Waals surface area contributed by atoms with Crippen LogP contribution in [0.1, 0.15) is 17.0 Å². The van der Waals surface area contributed by atoms with Gasteiger partial charge in [-0.2, -0.15) is 0 Å². The first-order valence-corrected chi connectivity index (χ1v) is 8.79. The quantitative estimate of drug-likeness (QED) is 0.496. The van der Waals surface area contributed by atoms with Gasteiger partial charge in [-0.3, -0.25) is 4.57 Å². The Morgan fingerprint density at radius 2 is 1.92 bits per heavy atom. The van der Waals surface area contributed by atoms with Crippen molar-refractivity contribution in [2.75, 3.05) is 0 Å². The van der Waals surface area contributed by atoms with E-state index < -0.39 is 0 Å². The summed E-state index contributed by atoms with van der Waals surface area (Å²) in [6.45, 7) is 4.01. The number of hydrogen-bond acceptors (Lipinski definition) is 4. The molecule has 0 unspecified atom stereocenters. The Morgan fingerprint density at radius 3 is 2.71 bits per heavy atom. The van der Waals surface area contributed by atoms with Crippen molar-refractivity contribution in [2.45, 2.75) is 24.8 Å². The lowest BCUT2D eigenvalue weighted by molar-refractivity contribution is 0.393. The lowest BCUT2D eigenvalue weighted by Gasteiger charge is -2.09. The van der Waals surface area contributed by atoms with E-state index in [0.717, 1.165) is 39.1 Å². The van der Waals surface area contributed by atoms with Gasteiger partial charge in [0.25, 0.3) is 0 Å². The van der Waals surface area contributed by atoms with E-state index in [1.165, 1.54) is 5.56 Å². The Morgan fingerprint density at radius 1 is 1.04 bits per heavy atom. The summed E-state index contributed by atoms with van der Waals surface area (Å²) in [5.74, 6) is 1.56. The van der Waals surface area contributed by atoms with E-state index in [1.54, 1.807) is 11.8 Å². The Hall–Kier alpha value is -2.53. The Kier molecular flexibility index (Phi) is 3.86. The Balaban J connectivity index is 1.78. The van der Waals surface area contributed by atoms with Crippen molar-refractivity contribution in [3.63, 3.8) is 0 Å². The molecule has 24 heavy (non-hydrogen) atoms. The molecule has 0 aliphatic carbocycles. The third-order valence-electron chi connectivity index (χ3n) is 3.82. The van der Waals surface area contributed by atoms with Gasteiger partial charge in [0.2, 0.25) is 0 Å². The molecule has 0 bridgehead atoms. The Bertz CT molecular complexity index is 1000. The van der Waals surface area contributed by atoms with Gasteiger partial charge in [-0.05, 0) is 43.7 Å². The first-order chi connectivity index (χ1) is 11.7. The van der Waals surface area contributed by atoms with Gasteiger partial charge in [-0.25, -0.2) is 4.98 Å². The fraction of sp³-hybridized carbons (Fsp3) is 0.158. The number of para-hydroxylation sites is 2. The van der Waals surface area contributed by atoms with E-state index in [9.17, 15) is 0 Å². The summed E-state index contributed by atoms with van der Waals surface area (Å²) in [5, 5.41) is 5.03. The maximum atomic E-state index is 5.15. The van der Waals surface area contributed by atoms with Gasteiger partial charge in [-0.15, -0.1) is 0 Å². The zero-order valence-corrected chi connectivity index (χ0v) is 14.4. The summed E-state index contributed by atoms with van der Waals surface area (Å²) < 4.78 is 7.36. The minimum Gasteiger partial charge on any atom is -0.361 e. The largest absolute Gasteiger partial charge is 0.361 e. The molecule has 2 aromatic carbocycles. The standard InChI is InChI=1S/C19H17N3OS/c1-13-6-5-7-16(10-13)22-18-9-4-3-8-17(18)20-19(22)24-12-15-11-14(2)23-21-15/h3-11H,12H2,1-2H3. The second kappa shape index (κ2) is 6.17. The minimum absolute atomic E-state index is 0.729. The molecule has 2 aromatic heterocycles. The first-order valence-electron chi connectivity index (χ1n) is 7.80. The van der Waals surface area contributed by atoms with E-state index in [4.69, 9.17) is 9.51 Å². The third-order valence-corrected chi connectivity index (χ3v) is 4.79. The highest BCUT2D eigenvalue weighted by atomic mass is 32.2. The molecule has 0 fully saturated rings. The van der Waals surface area contributed by atoms with Crippen LogP contribution in [0.2, 0.25) is 0 Å². The highest BCUT2D eigenvalue weighted by Gasteiger charge is 2.13. The predicted molar refractivity (Wildman–Crippen MR) is 96.6 cm³/mol. The van der Waals surface area contributed by atoms with Crippen LogP contribution >= 0.6 is 11.8 Å². The van der Waals surface area contributed by atoms with Crippen LogP contribution in [0.25, 0.3) is 16.7 Å². The van der Waals surface area contributed by atoms with E-state index in [-0.39, 0.29) is 0 Å². The molecular weight excluding hydrogens is 318 g/mol. The van der Waals surface area contributed by atoms with Crippen LogP contribution in [0.15, 0.2) is 64.3 Å². The van der Waals surface area contributed by atoms with Crippen LogP contribution < -0.4 is 0 Å². The van der Waals surface area contributed by atoms with Gasteiger partial charge in [-0.1, -0.05) is 41.2 Å². The molecule has 120 valence electrons. The molecule has 0 N–H and O–H groups in total. The van der Waals surface area contributed by atoms with Crippen molar-refractivity contribution in [1.29, 1.82) is 0 Å². The Labute approximate surface area is 144 Å². The molecule has 0 radical (unpaired) electrons. The van der Waals surface area contributed by atoms with Crippen molar-refractivity contribution in [1.82, 2.24) is 14.7 Å². The molecule has 0 atom stereocenters. The number of imidazole rings is 1. The molecule has 4 aromatic rings. The number of rotatable bonds is 4. The maximum Gasteiger partial charge on any atom is 0.174 e. The number of aryl methyl sites for hydroxylation is 2. The van der Waals surface area contributed by atoms with E-state index >= 15 is 0 Å². The van der Waals surface area contributed by atoms with Gasteiger partial charge in [0.1, 0.15) is 5.76 Å². The summed E-state index contributed by atoms with van der Waals surface area (Å²) in [7, 11) is 0. The molecule has 4 rings (SSSR count). The van der Waals surface area contributed by atoms with Crippen LogP contribution in [0.4, 0.5) is 0 Å². The number of fused-ring (bicyclic) bond motifs is 1. The van der Waals surface area contributed by atoms with Crippen molar-refractivity contribution < 1.29 is 4.52 Å². The smallest absolute Gasteiger partial charge is 0.174 e. The summed E-state index contributed by atoms with van der Waals surface area (Å²) in [4.78, 5) is 4.81. The molecule has 0 saturated heterocycles. The highest BCUT2D eigenvalue weighted by molar-refractivity contribution is 7.98. The van der Waals surface area contributed by atoms with Crippen LogP contribution in [-0.2, 0) is 5.75 Å². The van der Waals surface area contributed by atoms with E-state index in [2.05, 4.69) is 47.0 Å². The average molecular weight is 335 g/mol. The number of benzene rings is 2. The summed E-state index contributed by atoms with van der Waals surface area (Å²) in [6, 6.07) is 18.7. The molecule has 5 heteroatoms. The van der Waals surface area contributed by atoms with Crippen molar-refractivity contribution in [3.05, 3.63) is 71.6 Å². The summed E-state index contributed by atoms with van der Waals surface area (Å²) >= 11 is 1.67. The average Bonchev–Trinajstić information content (AvgIpc) is 3.16. The summed E-state index contributed by atoms with van der Waals surface area (Å²) in [6.07, 6.45) is 0. The minimum atomic E-state index is 0.729. The number of hydrogen-bond donors (Lipinski definition) is 0. The fourth-order valence-corrected chi connectivity index (χ4v) is 3.65. The highest BCUT2D eigenvalue weighted by Crippen LogP contribution is 2.30. The molecule has 0 aliphatic heterocycles. The number of aromatic nitrogens is 3. The second-order valence-electron chi connectivity index (χ2n) is 5.78. The van der Waals surface area contributed by atoms with Gasteiger partial charge >= 0.3 is 0 Å². The van der Waals surface area contributed by atoms with Gasteiger partial charge in [0, 0.05) is 17.5 Å². The summed E-state index contributed by atoms with van der Waals surface area (Å²) in [5.41, 5.74) is 5.40. The van der Waals surface area contributed by atoms with Crippen LogP contribution in [0, 0.1) is 13.8 Å². The number of nitrogens with zero attached hydrogens (tertiary/aromatic N) is 3. The van der Waals surface area contributed by atoms with E-state index in [1.807, 2.05) is 31.2 Å². The van der Waals surface area contributed by atoms with Gasteiger partial charge in [0.05, 0.1) is 16.7 Å². The van der Waals surface area contributed by atoms with Crippen molar-refractivity contribution in [2.24, 2.45) is 0 Å². The fourth-order valence-electron chi connectivity index (χ4n) is 2.74. The maximum absolute atomic E-state index is 5.15. The molecular formula is C19H17N3OS. The molecule has 4 nitrogen and oxygen atoms in total. The lowest BCUT2D eigenvalue weighted by Crippen LogP contribution is -1.97. The molecule has 0 spiro atoms. The number of thioether (sulfide) groups is 1. The van der Waals surface area contributed by atoms with Crippen LogP contribution in [-0.4, -0.2) is 14.7 Å². The molecule has 0 amide bonds. The van der Waals surface area contributed by atoms with Gasteiger partial charge in [0.15, 0.2) is 5.16 Å². The van der Waals surface area contributed by atoms with Crippen LogP contribution in [0.5, 0.6) is 0 Å². The van der Waals surface area contributed by atoms with Crippen LogP contribution in [0.3, 0.4) is 0 Å². The molecule has 2 heterocycles. The van der Waals surface area contributed by atoms with Gasteiger partial charge < -0.3 is 4.52 Å². The second-order valence-corrected chi connectivity index (χ2v) is 6.72. The third kappa shape index (κ3) is 2.83. The zero-order chi connectivity index (χ0) is 16.5. The molecule has 0 aliphatic rings. The lowest BCUT2D eigenvalue weighted by atomic mass is 10.2. The van der Waals surface area contributed by atoms with Crippen molar-refractivity contribution >= 4 is 22.8 Å². The van der Waals surface area contributed by atoms with E-state index in [0.29, 0.717) is 0 Å². The van der Waals surface area contributed by atoms with Crippen molar-refractivity contribution in [3.8, 4) is 5.69 Å². The normalized spacial score (nSPS) is 11.2. The SMILES string of the molecule is Cc1cccc(-n2c(SCc3cc(C)on3)nc3ccccc32)c1. The zero-order valence-electron chi connectivity index (χ0n) is 13.6.